The van der Waals surface area contributed by atoms with Crippen LogP contribution in [-0.2, 0) is 22.6 Å². The van der Waals surface area contributed by atoms with Crippen molar-refractivity contribution < 1.29 is 32.3 Å². The van der Waals surface area contributed by atoms with Gasteiger partial charge < -0.3 is 24.0 Å². The van der Waals surface area contributed by atoms with E-state index in [2.05, 4.69) is 9.88 Å². The van der Waals surface area contributed by atoms with Crippen LogP contribution in [0.15, 0.2) is 103 Å². The minimum atomic E-state index is -1.43. The van der Waals surface area contributed by atoms with Crippen LogP contribution in [0.25, 0.3) is 11.4 Å². The zero-order valence-electron chi connectivity index (χ0n) is 25.9. The Balaban J connectivity index is 1.21. The molecule has 5 aromatic rings. The van der Waals surface area contributed by atoms with E-state index < -0.39 is 63.8 Å². The molecular weight excluding hydrogens is 642 g/mol. The molecule has 0 bridgehead atoms. The number of imidazole rings is 1. The second-order valence-corrected chi connectivity index (χ2v) is 11.4. The molecule has 1 amide bonds. The summed E-state index contributed by atoms with van der Waals surface area (Å²) < 4.78 is 60.3. The van der Waals surface area contributed by atoms with Crippen LogP contribution in [0.3, 0.4) is 0 Å². The molecule has 6 rings (SSSR count). The Morgan fingerprint density at radius 1 is 0.857 bits per heavy atom. The summed E-state index contributed by atoms with van der Waals surface area (Å²) in [7, 11) is 0. The summed E-state index contributed by atoms with van der Waals surface area (Å²) in [5.41, 5.74) is 0.0330. The number of benzene rings is 3. The lowest BCUT2D eigenvalue weighted by Crippen LogP contribution is -2.50. The number of pyridine rings is 1. The van der Waals surface area contributed by atoms with E-state index in [1.807, 2.05) is 35.0 Å². The molecular formula is C36H29F4N5O4. The first kappa shape index (κ1) is 32.9. The maximum atomic E-state index is 14.5. The number of aliphatic hydroxyl groups excluding tert-OH is 1. The van der Waals surface area contributed by atoms with E-state index in [0.717, 1.165) is 28.1 Å². The van der Waals surface area contributed by atoms with Gasteiger partial charge in [0.2, 0.25) is 5.78 Å². The van der Waals surface area contributed by atoms with Crippen molar-refractivity contribution in [3.8, 4) is 5.69 Å². The molecule has 1 aliphatic rings. The molecule has 2 aromatic heterocycles. The molecule has 0 aliphatic carbocycles. The number of hydrogen-bond donors (Lipinski definition) is 1. The fourth-order valence-corrected chi connectivity index (χ4v) is 5.68. The second-order valence-electron chi connectivity index (χ2n) is 11.4. The van der Waals surface area contributed by atoms with Crippen LogP contribution in [0.2, 0.25) is 0 Å². The number of amides is 1. The smallest absolute Gasteiger partial charge is 0.294 e. The largest absolute Gasteiger partial charge is 0.507 e. The van der Waals surface area contributed by atoms with Crippen LogP contribution >= 0.6 is 0 Å². The number of halogens is 4. The highest BCUT2D eigenvalue weighted by Gasteiger charge is 2.26. The normalized spacial score (nSPS) is 13.5. The number of aliphatic hydroxyl groups is 1. The fourth-order valence-electron chi connectivity index (χ4n) is 5.68. The monoisotopic (exact) mass is 671 g/mol. The number of carbonyl (C=O) groups excluding carboxylic acids is 2. The summed E-state index contributed by atoms with van der Waals surface area (Å²) in [5.74, 6) is -7.25. The van der Waals surface area contributed by atoms with Crippen LogP contribution in [0.4, 0.5) is 23.2 Å². The van der Waals surface area contributed by atoms with Crippen molar-refractivity contribution in [2.45, 2.75) is 13.0 Å². The zero-order valence-corrected chi connectivity index (χ0v) is 25.9. The van der Waals surface area contributed by atoms with Gasteiger partial charge in [-0.15, -0.1) is 0 Å². The third kappa shape index (κ3) is 7.15. The van der Waals surface area contributed by atoms with E-state index in [4.69, 9.17) is 0 Å². The van der Waals surface area contributed by atoms with E-state index in [0.29, 0.717) is 25.2 Å². The van der Waals surface area contributed by atoms with E-state index in [-0.39, 0.29) is 30.8 Å². The molecule has 13 heteroatoms. The van der Waals surface area contributed by atoms with Crippen molar-refractivity contribution in [2.75, 3.05) is 31.1 Å². The molecule has 250 valence electrons. The van der Waals surface area contributed by atoms with Crippen LogP contribution in [-0.4, -0.2) is 62.0 Å². The Kier molecular flexibility index (Phi) is 9.42. The number of piperazine rings is 1. The minimum absolute atomic E-state index is 0.0437. The number of carbonyl (C=O) groups is 2. The van der Waals surface area contributed by atoms with Crippen LogP contribution in [0, 0.1) is 23.3 Å². The Morgan fingerprint density at radius 2 is 1.55 bits per heavy atom. The summed E-state index contributed by atoms with van der Waals surface area (Å²) in [6.07, 6.45) is 6.47. The highest BCUT2D eigenvalue weighted by Crippen LogP contribution is 2.22. The predicted octanol–water partition coefficient (Wildman–Crippen LogP) is 5.05. The Morgan fingerprint density at radius 3 is 2.24 bits per heavy atom. The summed E-state index contributed by atoms with van der Waals surface area (Å²) >= 11 is 0. The lowest BCUT2D eigenvalue weighted by Gasteiger charge is -2.35. The topological polar surface area (TPSA) is 101 Å². The molecule has 1 saturated heterocycles. The molecule has 9 nitrogen and oxygen atoms in total. The maximum absolute atomic E-state index is 14.5. The maximum Gasteiger partial charge on any atom is 0.294 e. The quantitative estimate of drug-likeness (QED) is 0.0775. The molecule has 1 N–H and O–H groups in total. The third-order valence-electron chi connectivity index (χ3n) is 8.30. The van der Waals surface area contributed by atoms with Gasteiger partial charge in [-0.3, -0.25) is 14.4 Å². The minimum Gasteiger partial charge on any atom is -0.507 e. The molecule has 0 atom stereocenters. The Bertz CT molecular complexity index is 2110. The van der Waals surface area contributed by atoms with Crippen LogP contribution in [0.1, 0.15) is 22.3 Å². The average molecular weight is 672 g/mol. The lowest BCUT2D eigenvalue weighted by atomic mass is 10.0. The standard InChI is InChI=1S/C36H29F4N5O4/c37-29-4-2-1-3-24(29)21-45-20-23(17-27-30(38)9-10-31(39)34(27)40)18-28(35(45)48)32(46)19-33(47)36(49)43-15-13-42(14-16-43)25-5-7-26(8-6-25)44-12-11-41-22-44/h1-12,18-20,22,46H,13-17,21H2. The van der Waals surface area contributed by atoms with Crippen molar-refractivity contribution in [1.82, 2.24) is 19.0 Å². The van der Waals surface area contributed by atoms with E-state index in [9.17, 15) is 37.1 Å². The van der Waals surface area contributed by atoms with Gasteiger partial charge in [0.25, 0.3) is 11.5 Å². The molecule has 3 aromatic carbocycles. The van der Waals surface area contributed by atoms with Gasteiger partial charge in [-0.25, -0.2) is 22.5 Å². The Hall–Kier alpha value is -5.98. The zero-order chi connectivity index (χ0) is 34.7. The Labute approximate surface area is 277 Å². The SMILES string of the molecule is O=C(C=C(O)c1cc(Cc2c(F)ccc(F)c2F)cn(Cc2ccccc2F)c1=O)C(=O)N1CCN(c2ccc(-n3ccnc3)cc2)CC1. The van der Waals surface area contributed by atoms with Gasteiger partial charge in [-0.2, -0.15) is 0 Å². The van der Waals surface area contributed by atoms with Crippen molar-refractivity contribution in [3.63, 3.8) is 0 Å². The van der Waals surface area contributed by atoms with Crippen LogP contribution < -0.4 is 10.5 Å². The first-order valence-corrected chi connectivity index (χ1v) is 15.3. The number of rotatable bonds is 9. The van der Waals surface area contributed by atoms with Gasteiger partial charge in [0, 0.05) is 79.8 Å². The third-order valence-corrected chi connectivity index (χ3v) is 8.30. The van der Waals surface area contributed by atoms with Gasteiger partial charge in [-0.1, -0.05) is 18.2 Å². The summed E-state index contributed by atoms with van der Waals surface area (Å²) in [6, 6.07) is 15.9. The van der Waals surface area contributed by atoms with Crippen LogP contribution in [0.5, 0.6) is 0 Å². The van der Waals surface area contributed by atoms with Gasteiger partial charge in [0.05, 0.1) is 18.4 Å². The molecule has 49 heavy (non-hydrogen) atoms. The first-order chi connectivity index (χ1) is 23.6. The van der Waals surface area contributed by atoms with Crippen molar-refractivity contribution in [1.29, 1.82) is 0 Å². The highest BCUT2D eigenvalue weighted by molar-refractivity contribution is 6.41. The molecule has 1 aliphatic heterocycles. The summed E-state index contributed by atoms with van der Waals surface area (Å²) in [6.45, 7) is 0.984. The molecule has 0 saturated carbocycles. The van der Waals surface area contributed by atoms with Gasteiger partial charge in [0.15, 0.2) is 11.6 Å². The summed E-state index contributed by atoms with van der Waals surface area (Å²) in [4.78, 5) is 47.0. The van der Waals surface area contributed by atoms with Gasteiger partial charge >= 0.3 is 0 Å². The first-order valence-electron chi connectivity index (χ1n) is 15.3. The van der Waals surface area contributed by atoms with Crippen molar-refractivity contribution >= 4 is 23.1 Å². The molecule has 0 spiro atoms. The predicted molar refractivity (Wildman–Crippen MR) is 173 cm³/mol. The number of hydrogen-bond acceptors (Lipinski definition) is 6. The second kappa shape index (κ2) is 14.0. The number of ketones is 1. The highest BCUT2D eigenvalue weighted by atomic mass is 19.2. The average Bonchev–Trinajstić information content (AvgIpc) is 3.66. The number of nitrogens with zero attached hydrogens (tertiary/aromatic N) is 5. The molecule has 3 heterocycles. The lowest BCUT2D eigenvalue weighted by molar-refractivity contribution is -0.142. The van der Waals surface area contributed by atoms with Crippen molar-refractivity contribution in [2.24, 2.45) is 0 Å². The number of aromatic nitrogens is 3. The molecule has 1 fully saturated rings. The van der Waals surface area contributed by atoms with Crippen molar-refractivity contribution in [3.05, 3.63) is 154 Å². The molecule has 0 unspecified atom stereocenters. The van der Waals surface area contributed by atoms with E-state index >= 15 is 0 Å². The fraction of sp³-hybridized carbons (Fsp3) is 0.167. The van der Waals surface area contributed by atoms with Gasteiger partial charge in [-0.05, 0) is 54.1 Å². The van der Waals surface area contributed by atoms with E-state index in [1.165, 1.54) is 29.3 Å². The number of anilines is 1. The van der Waals surface area contributed by atoms with E-state index in [1.54, 1.807) is 18.6 Å². The van der Waals surface area contributed by atoms with Gasteiger partial charge in [0.1, 0.15) is 17.4 Å². The summed E-state index contributed by atoms with van der Waals surface area (Å²) in [5, 5.41) is 10.9. The molecule has 0 radical (unpaired) electrons.